The fourth-order valence-electron chi connectivity index (χ4n) is 3.56. The third-order valence-electron chi connectivity index (χ3n) is 5.95. The molecule has 0 atom stereocenters. The molecule has 152 valence electrons. The van der Waals surface area contributed by atoms with E-state index in [0.717, 1.165) is 24.2 Å². The molecule has 1 aliphatic rings. The van der Waals surface area contributed by atoms with Crippen LogP contribution in [-0.4, -0.2) is 47.7 Å². The predicted octanol–water partition coefficient (Wildman–Crippen LogP) is 3.49. The summed E-state index contributed by atoms with van der Waals surface area (Å²) in [5.74, 6) is 0.533. The van der Waals surface area contributed by atoms with Gasteiger partial charge >= 0.3 is 6.01 Å². The standard InChI is InChI=1S/C23H29N5O/c1-23(2,27(3)4)15-29-22-25-19-14-28(13-12-18(19)21(24)26-22)20-11-7-9-16-8-5-6-10-17(16)20/h5-11H,12-15H2,1-4H3,(H2,24,25,26). The van der Waals surface area contributed by atoms with Crippen LogP contribution >= 0.6 is 0 Å². The van der Waals surface area contributed by atoms with Gasteiger partial charge in [-0.2, -0.15) is 9.97 Å². The molecular formula is C23H29N5O. The summed E-state index contributed by atoms with van der Waals surface area (Å²) in [6.07, 6.45) is 0.827. The van der Waals surface area contributed by atoms with Crippen LogP contribution in [0.15, 0.2) is 42.5 Å². The quantitative estimate of drug-likeness (QED) is 0.718. The zero-order chi connectivity index (χ0) is 20.6. The maximum atomic E-state index is 6.26. The molecule has 6 heteroatoms. The van der Waals surface area contributed by atoms with Crippen molar-refractivity contribution in [1.29, 1.82) is 0 Å². The van der Waals surface area contributed by atoms with Crippen molar-refractivity contribution in [1.82, 2.24) is 14.9 Å². The Labute approximate surface area is 172 Å². The van der Waals surface area contributed by atoms with Gasteiger partial charge in [0.05, 0.1) is 12.2 Å². The highest BCUT2D eigenvalue weighted by Crippen LogP contribution is 2.32. The van der Waals surface area contributed by atoms with Gasteiger partial charge in [0, 0.05) is 28.7 Å². The molecule has 0 unspecified atom stereocenters. The minimum absolute atomic E-state index is 0.122. The van der Waals surface area contributed by atoms with Crippen molar-refractivity contribution in [3.63, 3.8) is 0 Å². The van der Waals surface area contributed by atoms with Gasteiger partial charge in [0.15, 0.2) is 0 Å². The molecule has 1 aliphatic heterocycles. The Morgan fingerprint density at radius 3 is 2.66 bits per heavy atom. The SMILES string of the molecule is CN(C)C(C)(C)COc1nc(N)c2c(n1)CN(c1cccc3ccccc13)CC2. The summed E-state index contributed by atoms with van der Waals surface area (Å²) in [6, 6.07) is 15.3. The summed E-state index contributed by atoms with van der Waals surface area (Å²) >= 11 is 0. The van der Waals surface area contributed by atoms with Crippen LogP contribution in [-0.2, 0) is 13.0 Å². The van der Waals surface area contributed by atoms with Gasteiger partial charge in [0.25, 0.3) is 0 Å². The van der Waals surface area contributed by atoms with E-state index < -0.39 is 0 Å². The Kier molecular flexibility index (Phi) is 5.04. The number of hydrogen-bond donors (Lipinski definition) is 1. The lowest BCUT2D eigenvalue weighted by atomic mass is 10.0. The summed E-state index contributed by atoms with van der Waals surface area (Å²) in [5.41, 5.74) is 9.35. The molecule has 0 amide bonds. The van der Waals surface area contributed by atoms with Crippen LogP contribution in [0, 0.1) is 0 Å². The molecular weight excluding hydrogens is 362 g/mol. The van der Waals surface area contributed by atoms with Gasteiger partial charge < -0.3 is 20.3 Å². The van der Waals surface area contributed by atoms with Crippen molar-refractivity contribution in [3.8, 4) is 6.01 Å². The molecule has 0 radical (unpaired) electrons. The third kappa shape index (κ3) is 3.85. The minimum atomic E-state index is -0.122. The second-order valence-electron chi connectivity index (χ2n) is 8.48. The van der Waals surface area contributed by atoms with Crippen LogP contribution in [0.25, 0.3) is 10.8 Å². The van der Waals surface area contributed by atoms with E-state index in [0.29, 0.717) is 25.0 Å². The number of benzene rings is 2. The molecule has 29 heavy (non-hydrogen) atoms. The van der Waals surface area contributed by atoms with Gasteiger partial charge in [-0.15, -0.1) is 0 Å². The summed E-state index contributed by atoms with van der Waals surface area (Å²) in [7, 11) is 4.07. The Hall–Kier alpha value is -2.86. The molecule has 0 saturated carbocycles. The number of fused-ring (bicyclic) bond motifs is 2. The predicted molar refractivity (Wildman–Crippen MR) is 118 cm³/mol. The first-order valence-corrected chi connectivity index (χ1v) is 10.0. The third-order valence-corrected chi connectivity index (χ3v) is 5.95. The van der Waals surface area contributed by atoms with Crippen molar-refractivity contribution in [2.24, 2.45) is 0 Å². The monoisotopic (exact) mass is 391 g/mol. The molecule has 2 heterocycles. The summed E-state index contributed by atoms with van der Waals surface area (Å²) in [5, 5.41) is 2.50. The molecule has 1 aromatic heterocycles. The number of anilines is 2. The van der Waals surface area contributed by atoms with E-state index in [2.05, 4.69) is 71.1 Å². The lowest BCUT2D eigenvalue weighted by Crippen LogP contribution is -2.43. The Morgan fingerprint density at radius 2 is 1.86 bits per heavy atom. The smallest absolute Gasteiger partial charge is 0.318 e. The van der Waals surface area contributed by atoms with Crippen molar-refractivity contribution >= 4 is 22.3 Å². The van der Waals surface area contributed by atoms with Gasteiger partial charge in [-0.25, -0.2) is 0 Å². The second-order valence-corrected chi connectivity index (χ2v) is 8.48. The van der Waals surface area contributed by atoms with Crippen molar-refractivity contribution in [3.05, 3.63) is 53.7 Å². The number of hydrogen-bond acceptors (Lipinski definition) is 6. The lowest BCUT2D eigenvalue weighted by molar-refractivity contribution is 0.107. The van der Waals surface area contributed by atoms with Gasteiger partial charge in [-0.05, 0) is 45.8 Å². The van der Waals surface area contributed by atoms with E-state index in [9.17, 15) is 0 Å². The molecule has 2 aromatic carbocycles. The zero-order valence-electron chi connectivity index (χ0n) is 17.6. The van der Waals surface area contributed by atoms with Gasteiger partial charge in [-0.3, -0.25) is 0 Å². The number of nitrogens with zero attached hydrogens (tertiary/aromatic N) is 4. The molecule has 0 bridgehead atoms. The Morgan fingerprint density at radius 1 is 1.10 bits per heavy atom. The van der Waals surface area contributed by atoms with Crippen molar-refractivity contribution in [2.75, 3.05) is 37.9 Å². The van der Waals surface area contributed by atoms with Crippen molar-refractivity contribution in [2.45, 2.75) is 32.4 Å². The van der Waals surface area contributed by atoms with E-state index in [1.807, 2.05) is 14.1 Å². The Balaban J connectivity index is 1.61. The van der Waals surface area contributed by atoms with Crippen LogP contribution in [0.2, 0.25) is 0 Å². The molecule has 0 aliphatic carbocycles. The highest BCUT2D eigenvalue weighted by Gasteiger charge is 2.25. The van der Waals surface area contributed by atoms with E-state index >= 15 is 0 Å². The van der Waals surface area contributed by atoms with Gasteiger partial charge in [0.2, 0.25) is 0 Å². The molecule has 0 fully saturated rings. The second kappa shape index (κ2) is 7.52. The number of rotatable bonds is 5. The lowest BCUT2D eigenvalue weighted by Gasteiger charge is -2.33. The largest absolute Gasteiger partial charge is 0.461 e. The first kappa shape index (κ1) is 19.5. The molecule has 4 rings (SSSR count). The highest BCUT2D eigenvalue weighted by molar-refractivity contribution is 5.94. The normalized spacial score (nSPS) is 14.3. The maximum absolute atomic E-state index is 6.26. The van der Waals surface area contributed by atoms with Gasteiger partial charge in [0.1, 0.15) is 12.4 Å². The number of aromatic nitrogens is 2. The fourth-order valence-corrected chi connectivity index (χ4v) is 3.56. The number of nitrogen functional groups attached to an aromatic ring is 1. The Bertz CT molecular complexity index is 1030. The molecule has 6 nitrogen and oxygen atoms in total. The average Bonchev–Trinajstić information content (AvgIpc) is 2.71. The topological polar surface area (TPSA) is 67.5 Å². The first-order chi connectivity index (χ1) is 13.8. The van der Waals surface area contributed by atoms with Crippen LogP contribution < -0.4 is 15.4 Å². The van der Waals surface area contributed by atoms with E-state index in [1.165, 1.54) is 16.5 Å². The van der Waals surface area contributed by atoms with Gasteiger partial charge in [-0.1, -0.05) is 36.4 Å². The van der Waals surface area contributed by atoms with Crippen LogP contribution in [0.3, 0.4) is 0 Å². The van der Waals surface area contributed by atoms with Crippen LogP contribution in [0.4, 0.5) is 11.5 Å². The van der Waals surface area contributed by atoms with Crippen LogP contribution in [0.5, 0.6) is 6.01 Å². The van der Waals surface area contributed by atoms with E-state index in [1.54, 1.807) is 0 Å². The summed E-state index contributed by atoms with van der Waals surface area (Å²) < 4.78 is 5.93. The summed E-state index contributed by atoms with van der Waals surface area (Å²) in [6.45, 7) is 6.32. The fraction of sp³-hybridized carbons (Fsp3) is 0.391. The average molecular weight is 392 g/mol. The molecule has 2 N–H and O–H groups in total. The van der Waals surface area contributed by atoms with Crippen LogP contribution in [0.1, 0.15) is 25.1 Å². The number of likely N-dealkylation sites (N-methyl/N-ethyl adjacent to an activating group) is 1. The number of nitrogens with two attached hydrogens (primary N) is 1. The van der Waals surface area contributed by atoms with E-state index in [4.69, 9.17) is 15.5 Å². The highest BCUT2D eigenvalue weighted by atomic mass is 16.5. The maximum Gasteiger partial charge on any atom is 0.318 e. The zero-order valence-corrected chi connectivity index (χ0v) is 17.6. The molecule has 0 spiro atoms. The molecule has 0 saturated heterocycles. The molecule has 3 aromatic rings. The van der Waals surface area contributed by atoms with Crippen molar-refractivity contribution < 1.29 is 4.74 Å². The van der Waals surface area contributed by atoms with E-state index in [-0.39, 0.29) is 5.54 Å². The minimum Gasteiger partial charge on any atom is -0.461 e. The summed E-state index contributed by atoms with van der Waals surface area (Å²) in [4.78, 5) is 13.6. The first-order valence-electron chi connectivity index (χ1n) is 10.0. The number of ether oxygens (including phenoxy) is 1.